The zero-order valence-corrected chi connectivity index (χ0v) is 12.0. The Kier molecular flexibility index (Phi) is 3.22. The van der Waals surface area contributed by atoms with Gasteiger partial charge >= 0.3 is 0 Å². The number of ether oxygens (including phenoxy) is 1. The molecule has 2 unspecified atom stereocenters. The zero-order chi connectivity index (χ0) is 13.6. The SMILES string of the molecule is CCN1c2cc(Br)c(F)cc2NC(=O)C2COCC21. The summed E-state index contributed by atoms with van der Waals surface area (Å²) < 4.78 is 19.5. The van der Waals surface area contributed by atoms with Gasteiger partial charge in [-0.3, -0.25) is 4.79 Å². The zero-order valence-electron chi connectivity index (χ0n) is 10.5. The molecule has 0 aromatic heterocycles. The third-order valence-electron chi connectivity index (χ3n) is 3.73. The van der Waals surface area contributed by atoms with Crippen molar-refractivity contribution in [2.75, 3.05) is 30.0 Å². The highest BCUT2D eigenvalue weighted by atomic mass is 79.9. The number of nitrogens with one attached hydrogen (secondary N) is 1. The standard InChI is InChI=1S/C13H14BrFN2O2/c1-2-17-11-3-8(14)9(15)4-10(11)16-13(18)7-5-19-6-12(7)17/h3-4,7,12H,2,5-6H2,1H3,(H,16,18). The smallest absolute Gasteiger partial charge is 0.232 e. The predicted octanol–water partition coefficient (Wildman–Crippen LogP) is 2.38. The van der Waals surface area contributed by atoms with E-state index in [0.717, 1.165) is 12.2 Å². The Morgan fingerprint density at radius 2 is 2.32 bits per heavy atom. The molecule has 4 nitrogen and oxygen atoms in total. The summed E-state index contributed by atoms with van der Waals surface area (Å²) in [5.41, 5.74) is 1.36. The molecule has 0 radical (unpaired) electrons. The average Bonchev–Trinajstić information content (AvgIpc) is 2.81. The van der Waals surface area contributed by atoms with E-state index in [2.05, 4.69) is 26.1 Å². The number of hydrogen-bond acceptors (Lipinski definition) is 3. The van der Waals surface area contributed by atoms with Crippen LogP contribution in [0.5, 0.6) is 0 Å². The van der Waals surface area contributed by atoms with Crippen LogP contribution in [-0.4, -0.2) is 31.7 Å². The second-order valence-electron chi connectivity index (χ2n) is 4.77. The Hall–Kier alpha value is -1.14. The van der Waals surface area contributed by atoms with Crippen molar-refractivity contribution in [2.45, 2.75) is 13.0 Å². The van der Waals surface area contributed by atoms with Crippen molar-refractivity contribution < 1.29 is 13.9 Å². The number of benzene rings is 1. The number of halogens is 2. The van der Waals surface area contributed by atoms with E-state index in [1.54, 1.807) is 6.07 Å². The fourth-order valence-electron chi connectivity index (χ4n) is 2.78. The lowest BCUT2D eigenvalue weighted by Gasteiger charge is -2.30. The van der Waals surface area contributed by atoms with Crippen LogP contribution in [-0.2, 0) is 9.53 Å². The number of hydrogen-bond donors (Lipinski definition) is 1. The number of carbonyl (C=O) groups is 1. The number of amides is 1. The largest absolute Gasteiger partial charge is 0.378 e. The Bertz CT molecular complexity index is 538. The molecule has 3 rings (SSSR count). The van der Waals surface area contributed by atoms with Gasteiger partial charge in [0.05, 0.1) is 41.0 Å². The van der Waals surface area contributed by atoms with E-state index in [0.29, 0.717) is 23.4 Å². The number of carbonyl (C=O) groups excluding carboxylic acids is 1. The van der Waals surface area contributed by atoms with Gasteiger partial charge in [0.2, 0.25) is 5.91 Å². The first-order valence-corrected chi connectivity index (χ1v) is 7.05. The van der Waals surface area contributed by atoms with Gasteiger partial charge in [-0.2, -0.15) is 0 Å². The van der Waals surface area contributed by atoms with E-state index >= 15 is 0 Å². The lowest BCUT2D eigenvalue weighted by molar-refractivity contribution is -0.120. The molecule has 1 fully saturated rings. The molecule has 0 spiro atoms. The highest BCUT2D eigenvalue weighted by Crippen LogP contribution is 2.38. The number of rotatable bonds is 1. The Morgan fingerprint density at radius 1 is 1.53 bits per heavy atom. The predicted molar refractivity (Wildman–Crippen MR) is 73.8 cm³/mol. The quantitative estimate of drug-likeness (QED) is 0.860. The van der Waals surface area contributed by atoms with E-state index in [9.17, 15) is 9.18 Å². The molecule has 6 heteroatoms. The maximum absolute atomic E-state index is 13.6. The maximum Gasteiger partial charge on any atom is 0.232 e. The Labute approximate surface area is 119 Å². The molecule has 0 bridgehead atoms. The van der Waals surface area contributed by atoms with Crippen LogP contribution in [0, 0.1) is 11.7 Å². The summed E-state index contributed by atoms with van der Waals surface area (Å²) >= 11 is 3.20. The lowest BCUT2D eigenvalue weighted by atomic mass is 10.0. The molecule has 2 atom stereocenters. The monoisotopic (exact) mass is 328 g/mol. The van der Waals surface area contributed by atoms with Crippen LogP contribution in [0.15, 0.2) is 16.6 Å². The van der Waals surface area contributed by atoms with Crippen molar-refractivity contribution in [1.82, 2.24) is 0 Å². The molecule has 2 heterocycles. The van der Waals surface area contributed by atoms with E-state index in [1.165, 1.54) is 6.07 Å². The molecule has 1 amide bonds. The van der Waals surface area contributed by atoms with Crippen LogP contribution in [0.3, 0.4) is 0 Å². The Balaban J connectivity index is 2.13. The first-order valence-electron chi connectivity index (χ1n) is 6.26. The maximum atomic E-state index is 13.6. The van der Waals surface area contributed by atoms with Gasteiger partial charge in [-0.25, -0.2) is 4.39 Å². The van der Waals surface area contributed by atoms with Crippen molar-refractivity contribution in [3.63, 3.8) is 0 Å². The van der Waals surface area contributed by atoms with Crippen molar-refractivity contribution in [3.05, 3.63) is 22.4 Å². The number of nitrogens with zero attached hydrogens (tertiary/aromatic N) is 1. The van der Waals surface area contributed by atoms with Crippen molar-refractivity contribution in [3.8, 4) is 0 Å². The minimum atomic E-state index is -0.376. The number of fused-ring (bicyclic) bond motifs is 2. The average molecular weight is 329 g/mol. The highest BCUT2D eigenvalue weighted by molar-refractivity contribution is 9.10. The number of anilines is 2. The molecule has 1 aromatic carbocycles. The molecule has 2 aliphatic rings. The molecule has 0 aliphatic carbocycles. The fraction of sp³-hybridized carbons (Fsp3) is 0.462. The molecule has 0 saturated carbocycles. The van der Waals surface area contributed by atoms with Gasteiger partial charge in [0, 0.05) is 12.6 Å². The third kappa shape index (κ3) is 2.03. The van der Waals surface area contributed by atoms with Gasteiger partial charge in [-0.1, -0.05) is 0 Å². The number of likely N-dealkylation sites (N-methyl/N-ethyl adjacent to an activating group) is 1. The van der Waals surface area contributed by atoms with E-state index in [-0.39, 0.29) is 23.7 Å². The molecule has 19 heavy (non-hydrogen) atoms. The van der Waals surface area contributed by atoms with Gasteiger partial charge < -0.3 is 15.0 Å². The highest BCUT2D eigenvalue weighted by Gasteiger charge is 2.41. The van der Waals surface area contributed by atoms with Gasteiger partial charge in [0.15, 0.2) is 0 Å². The molecular formula is C13H14BrFN2O2. The molecular weight excluding hydrogens is 315 g/mol. The molecule has 1 saturated heterocycles. The summed E-state index contributed by atoms with van der Waals surface area (Å²) in [4.78, 5) is 14.3. The minimum Gasteiger partial charge on any atom is -0.378 e. The fourth-order valence-corrected chi connectivity index (χ4v) is 3.11. The first kappa shape index (κ1) is 12.9. The van der Waals surface area contributed by atoms with Gasteiger partial charge in [-0.05, 0) is 28.9 Å². The van der Waals surface area contributed by atoms with Gasteiger partial charge in [0.25, 0.3) is 0 Å². The van der Waals surface area contributed by atoms with E-state index < -0.39 is 0 Å². The lowest BCUT2D eigenvalue weighted by Crippen LogP contribution is -2.42. The second kappa shape index (κ2) is 4.76. The molecule has 102 valence electrons. The summed E-state index contributed by atoms with van der Waals surface area (Å²) in [5.74, 6) is -0.672. The third-order valence-corrected chi connectivity index (χ3v) is 4.34. The van der Waals surface area contributed by atoms with Gasteiger partial charge in [0.1, 0.15) is 5.82 Å². The normalized spacial score (nSPS) is 25.6. The summed E-state index contributed by atoms with van der Waals surface area (Å²) in [6.07, 6.45) is 0. The summed E-state index contributed by atoms with van der Waals surface area (Å²) in [5, 5.41) is 2.80. The summed E-state index contributed by atoms with van der Waals surface area (Å²) in [6.45, 7) is 3.71. The summed E-state index contributed by atoms with van der Waals surface area (Å²) in [6, 6.07) is 3.10. The van der Waals surface area contributed by atoms with E-state index in [4.69, 9.17) is 4.74 Å². The Morgan fingerprint density at radius 3 is 3.05 bits per heavy atom. The second-order valence-corrected chi connectivity index (χ2v) is 5.62. The molecule has 2 aliphatic heterocycles. The minimum absolute atomic E-state index is 0.0172. The van der Waals surface area contributed by atoms with Crippen LogP contribution < -0.4 is 10.2 Å². The first-order chi connectivity index (χ1) is 9.11. The van der Waals surface area contributed by atoms with Crippen LogP contribution >= 0.6 is 15.9 Å². The van der Waals surface area contributed by atoms with Gasteiger partial charge in [-0.15, -0.1) is 0 Å². The molecule has 1 aromatic rings. The van der Waals surface area contributed by atoms with Crippen LogP contribution in [0.4, 0.5) is 15.8 Å². The van der Waals surface area contributed by atoms with Crippen LogP contribution in [0.1, 0.15) is 6.92 Å². The topological polar surface area (TPSA) is 41.6 Å². The van der Waals surface area contributed by atoms with Crippen molar-refractivity contribution in [2.24, 2.45) is 5.92 Å². The molecule has 1 N–H and O–H groups in total. The summed E-state index contributed by atoms with van der Waals surface area (Å²) in [7, 11) is 0. The van der Waals surface area contributed by atoms with E-state index in [1.807, 2.05) is 6.92 Å². The van der Waals surface area contributed by atoms with Crippen molar-refractivity contribution >= 4 is 33.2 Å². The van der Waals surface area contributed by atoms with Crippen LogP contribution in [0.2, 0.25) is 0 Å². The van der Waals surface area contributed by atoms with Crippen LogP contribution in [0.25, 0.3) is 0 Å². The van der Waals surface area contributed by atoms with Crippen molar-refractivity contribution in [1.29, 1.82) is 0 Å².